The highest BCUT2D eigenvalue weighted by molar-refractivity contribution is 5.24. The zero-order valence-electron chi connectivity index (χ0n) is 8.92. The van der Waals surface area contributed by atoms with Gasteiger partial charge in [0.05, 0.1) is 13.1 Å². The van der Waals surface area contributed by atoms with Crippen LogP contribution in [0.5, 0.6) is 0 Å². The van der Waals surface area contributed by atoms with Crippen molar-refractivity contribution < 1.29 is 4.90 Å². The van der Waals surface area contributed by atoms with Crippen molar-refractivity contribution in [2.75, 3.05) is 13.1 Å². The van der Waals surface area contributed by atoms with Crippen molar-refractivity contribution in [3.8, 4) is 0 Å². The van der Waals surface area contributed by atoms with Crippen LogP contribution in [0.2, 0.25) is 0 Å². The van der Waals surface area contributed by atoms with Crippen LogP contribution in [0.4, 0.5) is 0 Å². The van der Waals surface area contributed by atoms with Crippen molar-refractivity contribution in [3.05, 3.63) is 42.9 Å². The molecule has 0 unspecified atom stereocenters. The molecular formula is C13H19N. The lowest BCUT2D eigenvalue weighted by Crippen LogP contribution is -3.08. The van der Waals surface area contributed by atoms with Gasteiger partial charge < -0.3 is 4.90 Å². The quantitative estimate of drug-likeness (QED) is 0.637. The van der Waals surface area contributed by atoms with Gasteiger partial charge in [0.1, 0.15) is 0 Å². The molecule has 1 saturated heterocycles. The molecule has 76 valence electrons. The van der Waals surface area contributed by atoms with Crippen LogP contribution in [0.3, 0.4) is 0 Å². The minimum absolute atomic E-state index is 0.391. The summed E-state index contributed by atoms with van der Waals surface area (Å²) in [5.41, 5.74) is 1.88. The van der Waals surface area contributed by atoms with Gasteiger partial charge in [0.25, 0.3) is 0 Å². The molecule has 1 aromatic rings. The maximum atomic E-state index is 4.07. The third-order valence-electron chi connectivity index (χ3n) is 3.53. The maximum Gasteiger partial charge on any atom is 0.0538 e. The highest BCUT2D eigenvalue weighted by atomic mass is 15.1. The molecule has 14 heavy (non-hydrogen) atoms. The summed E-state index contributed by atoms with van der Waals surface area (Å²) < 4.78 is 0. The Hall–Kier alpha value is -0.820. The van der Waals surface area contributed by atoms with E-state index in [2.05, 4.69) is 44.3 Å². The second kappa shape index (κ2) is 3.74. The molecule has 0 saturated carbocycles. The number of piperidine rings is 1. The average Bonchev–Trinajstić information content (AvgIpc) is 2.24. The summed E-state index contributed by atoms with van der Waals surface area (Å²) in [4.78, 5) is 1.43. The van der Waals surface area contributed by atoms with E-state index >= 15 is 0 Å². The zero-order valence-corrected chi connectivity index (χ0v) is 8.92. The van der Waals surface area contributed by atoms with Crippen molar-refractivity contribution in [2.24, 2.45) is 0 Å². The summed E-state index contributed by atoms with van der Waals surface area (Å²) in [6.07, 6.45) is 2.52. The van der Waals surface area contributed by atoms with Crippen LogP contribution in [-0.2, 0) is 5.41 Å². The third-order valence-corrected chi connectivity index (χ3v) is 3.53. The molecule has 1 aliphatic rings. The molecule has 1 heteroatoms. The molecule has 0 bridgehead atoms. The smallest absolute Gasteiger partial charge is 0.0538 e. The summed E-state index contributed by atoms with van der Waals surface area (Å²) in [5, 5.41) is 0. The molecule has 1 fully saturated rings. The number of hydrogen-bond acceptors (Lipinski definition) is 0. The van der Waals surface area contributed by atoms with Crippen LogP contribution in [0.1, 0.15) is 25.3 Å². The highest BCUT2D eigenvalue weighted by Gasteiger charge is 2.30. The van der Waals surface area contributed by atoms with E-state index in [0.717, 1.165) is 0 Å². The van der Waals surface area contributed by atoms with Gasteiger partial charge >= 0.3 is 0 Å². The molecule has 1 nitrogen and oxygen atoms in total. The number of hydrogen-bond donors (Lipinski definition) is 1. The first-order chi connectivity index (χ1) is 6.71. The number of likely N-dealkylation sites (tertiary alicyclic amines) is 1. The van der Waals surface area contributed by atoms with Crippen LogP contribution in [-0.4, -0.2) is 13.1 Å². The summed E-state index contributed by atoms with van der Waals surface area (Å²) in [6.45, 7) is 4.78. The number of quaternary nitrogens is 1. The number of nitrogens with one attached hydrogen (secondary N) is 1. The van der Waals surface area contributed by atoms with Crippen molar-refractivity contribution in [1.82, 2.24) is 0 Å². The Morgan fingerprint density at radius 1 is 1.14 bits per heavy atom. The Kier molecular flexibility index (Phi) is 2.60. The summed E-state index contributed by atoms with van der Waals surface area (Å²) in [5.74, 6) is 0. The Morgan fingerprint density at radius 2 is 1.71 bits per heavy atom. The van der Waals surface area contributed by atoms with Crippen LogP contribution < -0.4 is 4.90 Å². The van der Waals surface area contributed by atoms with E-state index in [1.54, 1.807) is 0 Å². The van der Waals surface area contributed by atoms with Crippen LogP contribution in [0, 0.1) is 7.05 Å². The van der Waals surface area contributed by atoms with Gasteiger partial charge in [-0.25, -0.2) is 0 Å². The third kappa shape index (κ3) is 1.83. The van der Waals surface area contributed by atoms with E-state index in [4.69, 9.17) is 0 Å². The Labute approximate surface area is 86.7 Å². The Balaban J connectivity index is 2.17. The van der Waals surface area contributed by atoms with Crippen molar-refractivity contribution >= 4 is 0 Å². The number of rotatable bonds is 1. The summed E-state index contributed by atoms with van der Waals surface area (Å²) >= 11 is 0. The highest BCUT2D eigenvalue weighted by Crippen LogP contribution is 2.31. The lowest BCUT2D eigenvalue weighted by molar-refractivity contribution is -0.860. The molecule has 0 aliphatic carbocycles. The van der Waals surface area contributed by atoms with Crippen molar-refractivity contribution in [3.63, 3.8) is 0 Å². The van der Waals surface area contributed by atoms with E-state index < -0.39 is 0 Å². The van der Waals surface area contributed by atoms with Crippen molar-refractivity contribution in [2.45, 2.75) is 25.2 Å². The minimum atomic E-state index is 0.391. The monoisotopic (exact) mass is 189 g/mol. The van der Waals surface area contributed by atoms with E-state index in [0.29, 0.717) is 5.41 Å². The molecule has 1 heterocycles. The topological polar surface area (TPSA) is 4.44 Å². The first-order valence-corrected chi connectivity index (χ1v) is 5.43. The molecule has 1 N–H and O–H groups in total. The van der Waals surface area contributed by atoms with E-state index in [-0.39, 0.29) is 0 Å². The van der Waals surface area contributed by atoms with Gasteiger partial charge in [-0.05, 0) is 5.56 Å². The molecular weight excluding hydrogens is 170 g/mol. The molecule has 0 spiro atoms. The van der Waals surface area contributed by atoms with Gasteiger partial charge in [0, 0.05) is 18.3 Å². The van der Waals surface area contributed by atoms with Gasteiger partial charge in [0.2, 0.25) is 0 Å². The first kappa shape index (κ1) is 9.72. The molecule has 0 radical (unpaired) electrons. The van der Waals surface area contributed by atoms with E-state index in [1.807, 2.05) is 0 Å². The van der Waals surface area contributed by atoms with Gasteiger partial charge in [-0.3, -0.25) is 0 Å². The molecule has 0 atom stereocenters. The molecule has 2 rings (SSSR count). The van der Waals surface area contributed by atoms with Gasteiger partial charge in [-0.2, -0.15) is 7.05 Å². The van der Waals surface area contributed by atoms with Crippen molar-refractivity contribution in [1.29, 1.82) is 0 Å². The fourth-order valence-corrected chi connectivity index (χ4v) is 2.28. The second-order valence-corrected chi connectivity index (χ2v) is 4.68. The molecule has 0 amide bonds. The van der Waals surface area contributed by atoms with E-state index in [1.165, 1.54) is 36.4 Å². The molecule has 1 aromatic carbocycles. The average molecular weight is 189 g/mol. The van der Waals surface area contributed by atoms with Crippen LogP contribution in [0.25, 0.3) is 0 Å². The predicted octanol–water partition coefficient (Wildman–Crippen LogP) is 1.41. The minimum Gasteiger partial charge on any atom is -0.468 e. The lowest BCUT2D eigenvalue weighted by Gasteiger charge is -2.39. The van der Waals surface area contributed by atoms with E-state index in [9.17, 15) is 0 Å². The normalized spacial score (nSPS) is 32.9. The van der Waals surface area contributed by atoms with Crippen LogP contribution >= 0.6 is 0 Å². The SMILES string of the molecule is [CH2-][NH+]1CCC(C)(c2ccccc2)CC1. The number of benzene rings is 1. The summed E-state index contributed by atoms with van der Waals surface area (Å²) in [7, 11) is 4.07. The first-order valence-electron chi connectivity index (χ1n) is 5.43. The molecule has 0 aromatic heterocycles. The molecule has 1 aliphatic heterocycles. The van der Waals surface area contributed by atoms with Crippen LogP contribution in [0.15, 0.2) is 30.3 Å². The van der Waals surface area contributed by atoms with Gasteiger partial charge in [-0.15, -0.1) is 0 Å². The Morgan fingerprint density at radius 3 is 2.29 bits per heavy atom. The fourth-order valence-electron chi connectivity index (χ4n) is 2.28. The van der Waals surface area contributed by atoms with Gasteiger partial charge in [-0.1, -0.05) is 37.3 Å². The maximum absolute atomic E-state index is 4.07. The van der Waals surface area contributed by atoms with Gasteiger partial charge in [0.15, 0.2) is 0 Å². The largest absolute Gasteiger partial charge is 0.468 e. The lowest BCUT2D eigenvalue weighted by atomic mass is 9.75. The summed E-state index contributed by atoms with van der Waals surface area (Å²) in [6, 6.07) is 10.9. The predicted molar refractivity (Wildman–Crippen MR) is 59.1 cm³/mol. The fraction of sp³-hybridized carbons (Fsp3) is 0.462. The standard InChI is InChI=1S/C13H19N/c1-13(8-10-14(2)11-9-13)12-6-4-3-5-7-12/h3-7,14H,2,8-11H2,1H3. The zero-order chi connectivity index (χ0) is 10.0. The second-order valence-electron chi connectivity index (χ2n) is 4.68. The Bertz CT molecular complexity index is 283.